The van der Waals surface area contributed by atoms with Gasteiger partial charge in [-0.3, -0.25) is 0 Å². The number of thiazole rings is 1. The van der Waals surface area contributed by atoms with Gasteiger partial charge in [0.2, 0.25) is 0 Å². The highest BCUT2D eigenvalue weighted by Gasteiger charge is 1.97. The molecule has 0 radical (unpaired) electrons. The zero-order valence-corrected chi connectivity index (χ0v) is 11.4. The van der Waals surface area contributed by atoms with Crippen molar-refractivity contribution in [2.24, 2.45) is 0 Å². The summed E-state index contributed by atoms with van der Waals surface area (Å²) in [6.07, 6.45) is 0.987. The molecule has 0 unspecified atom stereocenters. The minimum atomic E-state index is 0.673. The van der Waals surface area contributed by atoms with Gasteiger partial charge in [0.25, 0.3) is 0 Å². The van der Waals surface area contributed by atoms with E-state index >= 15 is 0 Å². The van der Waals surface area contributed by atoms with Gasteiger partial charge in [0, 0.05) is 32.0 Å². The lowest BCUT2D eigenvalue weighted by molar-refractivity contribution is 0.185. The van der Waals surface area contributed by atoms with Crippen LogP contribution in [-0.4, -0.2) is 18.6 Å². The zero-order chi connectivity index (χ0) is 12.6. The molecule has 0 fully saturated rings. The van der Waals surface area contributed by atoms with Crippen LogP contribution in [0.15, 0.2) is 35.2 Å². The maximum atomic E-state index is 5.13. The predicted molar refractivity (Wildman–Crippen MR) is 74.7 cm³/mol. The van der Waals surface area contributed by atoms with E-state index in [9.17, 15) is 0 Å². The van der Waals surface area contributed by atoms with Crippen molar-refractivity contribution >= 4 is 11.3 Å². The number of rotatable bonds is 7. The van der Waals surface area contributed by atoms with Gasteiger partial charge in [-0.15, -0.1) is 11.3 Å². The summed E-state index contributed by atoms with van der Waals surface area (Å²) in [5.41, 5.74) is 5.56. The first-order valence-corrected chi connectivity index (χ1v) is 6.97. The first-order chi connectivity index (χ1) is 8.88. The predicted octanol–water partition coefficient (Wildman–Crippen LogP) is 2.62. The van der Waals surface area contributed by atoms with E-state index in [0.29, 0.717) is 6.61 Å². The second kappa shape index (κ2) is 7.26. The first-order valence-electron chi connectivity index (χ1n) is 6.03. The van der Waals surface area contributed by atoms with Gasteiger partial charge in [-0.2, -0.15) is 0 Å². The van der Waals surface area contributed by atoms with Crippen LogP contribution in [0.4, 0.5) is 0 Å². The van der Waals surface area contributed by atoms with Crippen LogP contribution in [0.25, 0.3) is 0 Å². The summed E-state index contributed by atoms with van der Waals surface area (Å²) in [5, 5.41) is 5.53. The Bertz CT molecular complexity index is 457. The Labute approximate surface area is 112 Å². The number of aromatic nitrogens is 1. The molecule has 1 heterocycles. The fraction of sp³-hybridized carbons (Fsp3) is 0.357. The summed E-state index contributed by atoms with van der Waals surface area (Å²) in [6.45, 7) is 2.52. The molecule has 96 valence electrons. The van der Waals surface area contributed by atoms with Crippen LogP contribution in [-0.2, 0) is 24.3 Å². The van der Waals surface area contributed by atoms with Crippen molar-refractivity contribution in [1.82, 2.24) is 10.3 Å². The van der Waals surface area contributed by atoms with Crippen molar-refractivity contribution in [2.75, 3.05) is 13.7 Å². The summed E-state index contributed by atoms with van der Waals surface area (Å²) >= 11 is 1.65. The molecule has 1 aromatic heterocycles. The second-order valence-corrected chi connectivity index (χ2v) is 4.88. The van der Waals surface area contributed by atoms with E-state index in [0.717, 1.165) is 19.5 Å². The van der Waals surface area contributed by atoms with E-state index < -0.39 is 0 Å². The van der Waals surface area contributed by atoms with Crippen LogP contribution in [0.5, 0.6) is 0 Å². The summed E-state index contributed by atoms with van der Waals surface area (Å²) in [7, 11) is 1.72. The van der Waals surface area contributed by atoms with Gasteiger partial charge >= 0.3 is 0 Å². The van der Waals surface area contributed by atoms with Crippen LogP contribution in [0.1, 0.15) is 16.8 Å². The molecule has 0 saturated heterocycles. The van der Waals surface area contributed by atoms with Gasteiger partial charge in [-0.1, -0.05) is 24.3 Å². The van der Waals surface area contributed by atoms with Gasteiger partial charge in [0.1, 0.15) is 0 Å². The molecular weight excluding hydrogens is 244 g/mol. The Kier molecular flexibility index (Phi) is 5.33. The normalized spacial score (nSPS) is 10.7. The third kappa shape index (κ3) is 4.22. The molecule has 1 N–H and O–H groups in total. The van der Waals surface area contributed by atoms with E-state index in [2.05, 4.69) is 39.9 Å². The lowest BCUT2D eigenvalue weighted by Gasteiger charge is -2.06. The molecule has 18 heavy (non-hydrogen) atoms. The quantitative estimate of drug-likeness (QED) is 0.779. The summed E-state index contributed by atoms with van der Waals surface area (Å²) in [4.78, 5) is 4.26. The highest BCUT2D eigenvalue weighted by Crippen LogP contribution is 2.06. The van der Waals surface area contributed by atoms with Crippen molar-refractivity contribution in [3.8, 4) is 0 Å². The fourth-order valence-electron chi connectivity index (χ4n) is 1.81. The van der Waals surface area contributed by atoms with E-state index in [4.69, 9.17) is 4.74 Å². The highest BCUT2D eigenvalue weighted by molar-refractivity contribution is 7.07. The van der Waals surface area contributed by atoms with Gasteiger partial charge < -0.3 is 10.1 Å². The number of nitrogens with one attached hydrogen (secondary N) is 1. The molecule has 0 aliphatic rings. The van der Waals surface area contributed by atoms with Crippen molar-refractivity contribution in [3.63, 3.8) is 0 Å². The zero-order valence-electron chi connectivity index (χ0n) is 10.6. The molecule has 0 aliphatic heterocycles. The second-order valence-electron chi connectivity index (χ2n) is 4.16. The monoisotopic (exact) mass is 262 g/mol. The Hall–Kier alpha value is -1.23. The largest absolute Gasteiger partial charge is 0.380 e. The van der Waals surface area contributed by atoms with E-state index in [1.807, 2.05) is 5.51 Å². The number of benzene rings is 1. The smallest absolute Gasteiger partial charge is 0.0794 e. The standard InChI is InChI=1S/C14H18N2OS/c1-17-9-13-4-2-3-12(7-13)8-15-6-5-14-10-18-11-16-14/h2-4,7,10-11,15H,5-6,8-9H2,1H3. The number of nitrogens with zero attached hydrogens (tertiary/aromatic N) is 1. The summed E-state index contributed by atoms with van der Waals surface area (Å²) in [6, 6.07) is 8.47. The fourth-order valence-corrected chi connectivity index (χ4v) is 2.40. The molecule has 0 amide bonds. The number of methoxy groups -OCH3 is 1. The Morgan fingerprint density at radius 1 is 1.33 bits per heavy atom. The van der Waals surface area contributed by atoms with Gasteiger partial charge in [0.05, 0.1) is 17.8 Å². The molecule has 1 aromatic carbocycles. The van der Waals surface area contributed by atoms with Crippen LogP contribution < -0.4 is 5.32 Å². The molecular formula is C14H18N2OS. The van der Waals surface area contributed by atoms with Gasteiger partial charge in [-0.05, 0) is 11.1 Å². The maximum Gasteiger partial charge on any atom is 0.0794 e. The summed E-state index contributed by atoms with van der Waals surface area (Å²) < 4.78 is 5.13. The average Bonchev–Trinajstić information content (AvgIpc) is 2.89. The first kappa shape index (κ1) is 13.2. The van der Waals surface area contributed by atoms with Crippen molar-refractivity contribution in [3.05, 3.63) is 52.0 Å². The lowest BCUT2D eigenvalue weighted by atomic mass is 10.1. The SMILES string of the molecule is COCc1cccc(CNCCc2cscn2)c1. The van der Waals surface area contributed by atoms with E-state index in [1.54, 1.807) is 18.4 Å². The molecule has 3 nitrogen and oxygen atoms in total. The highest BCUT2D eigenvalue weighted by atomic mass is 32.1. The van der Waals surface area contributed by atoms with Crippen molar-refractivity contribution in [1.29, 1.82) is 0 Å². The lowest BCUT2D eigenvalue weighted by Crippen LogP contribution is -2.16. The number of hydrogen-bond donors (Lipinski definition) is 1. The van der Waals surface area contributed by atoms with Crippen LogP contribution in [0.2, 0.25) is 0 Å². The third-order valence-corrected chi connectivity index (χ3v) is 3.31. The molecule has 2 aromatic rings. The molecule has 0 bridgehead atoms. The number of hydrogen-bond acceptors (Lipinski definition) is 4. The topological polar surface area (TPSA) is 34.1 Å². The Morgan fingerprint density at radius 2 is 2.22 bits per heavy atom. The third-order valence-electron chi connectivity index (χ3n) is 2.67. The van der Waals surface area contributed by atoms with Crippen LogP contribution in [0.3, 0.4) is 0 Å². The molecule has 0 saturated carbocycles. The maximum absolute atomic E-state index is 5.13. The van der Waals surface area contributed by atoms with Gasteiger partial charge in [-0.25, -0.2) is 4.98 Å². The van der Waals surface area contributed by atoms with E-state index in [1.165, 1.54) is 16.8 Å². The summed E-state index contributed by atoms with van der Waals surface area (Å²) in [5.74, 6) is 0. The van der Waals surface area contributed by atoms with Crippen molar-refractivity contribution in [2.45, 2.75) is 19.6 Å². The number of ether oxygens (including phenoxy) is 1. The molecule has 0 atom stereocenters. The molecule has 0 spiro atoms. The molecule has 2 rings (SSSR count). The van der Waals surface area contributed by atoms with Crippen LogP contribution in [0, 0.1) is 0 Å². The Morgan fingerprint density at radius 3 is 3.00 bits per heavy atom. The molecule has 4 heteroatoms. The minimum absolute atomic E-state index is 0.673. The average molecular weight is 262 g/mol. The Balaban J connectivity index is 1.74. The van der Waals surface area contributed by atoms with Crippen molar-refractivity contribution < 1.29 is 4.74 Å². The van der Waals surface area contributed by atoms with Crippen LogP contribution >= 0.6 is 11.3 Å². The minimum Gasteiger partial charge on any atom is -0.380 e. The molecule has 0 aliphatic carbocycles. The van der Waals surface area contributed by atoms with E-state index in [-0.39, 0.29) is 0 Å². The van der Waals surface area contributed by atoms with Gasteiger partial charge in [0.15, 0.2) is 0 Å².